The number of hydrogen-bond donors (Lipinski definition) is 11. The van der Waals surface area contributed by atoms with E-state index in [-0.39, 0.29) is 19.8 Å². The summed E-state index contributed by atoms with van der Waals surface area (Å²) in [6, 6.07) is 0. The van der Waals surface area contributed by atoms with Crippen LogP contribution in [0.5, 0.6) is 0 Å². The van der Waals surface area contributed by atoms with E-state index in [9.17, 15) is 24.0 Å². The van der Waals surface area contributed by atoms with Crippen molar-refractivity contribution in [2.75, 3.05) is 19.8 Å². The molecule has 0 aromatic rings. The van der Waals surface area contributed by atoms with Crippen molar-refractivity contribution in [1.29, 1.82) is 0 Å². The molecule has 0 fully saturated rings. The maximum atomic E-state index is 11.6. The van der Waals surface area contributed by atoms with E-state index in [1.807, 2.05) is 27.7 Å². The molecule has 0 aliphatic heterocycles. The first-order chi connectivity index (χ1) is 22.2. The van der Waals surface area contributed by atoms with Crippen LogP contribution in [0.1, 0.15) is 99.8 Å². The second-order valence-electron chi connectivity index (χ2n) is 10.1. The van der Waals surface area contributed by atoms with Gasteiger partial charge in [0.05, 0.1) is 46.1 Å². The molecule has 0 bridgehead atoms. The number of carbonyl (C=O) groups excluding carboxylic acids is 2. The highest BCUT2D eigenvalue weighted by atomic mass is 32.1. The first-order valence-electron chi connectivity index (χ1n) is 15.6. The lowest BCUT2D eigenvalue weighted by atomic mass is 9.88. The molecular weight excluding hydrogens is 729 g/mol. The molecule has 0 rings (SSSR count). The van der Waals surface area contributed by atoms with E-state index < -0.39 is 67.8 Å². The maximum absolute atomic E-state index is 11.6. The molecule has 0 radical (unpaired) electrons. The fourth-order valence-electron chi connectivity index (χ4n) is 2.14. The standard InChI is InChI=1S/C12H22O4S2.C6H14O3.3C4H8O2S/c1-4-7-10(15-11(13)8(17)5-2)16-12(14)9(18)6-3;1-2-6(3-7,4-8)5-9;3*1-2-3(7)4(5)6/h8-10,17-18H,4-7H2,1-3H3;7-9H,2-5H2,1H3;3*3,7H,2H2,1H3,(H,5,6). The van der Waals surface area contributed by atoms with Gasteiger partial charge in [-0.25, -0.2) is 0 Å². The van der Waals surface area contributed by atoms with Crippen LogP contribution in [-0.4, -0.2) is 113 Å². The third-order valence-corrected chi connectivity index (χ3v) is 9.02. The summed E-state index contributed by atoms with van der Waals surface area (Å²) in [4.78, 5) is 52.7. The molecular formula is C30H60O13S5. The fourth-order valence-corrected chi connectivity index (χ4v) is 2.26. The van der Waals surface area contributed by atoms with E-state index in [1.165, 1.54) is 0 Å². The zero-order valence-corrected chi connectivity index (χ0v) is 33.5. The Morgan fingerprint density at radius 1 is 0.521 bits per heavy atom. The van der Waals surface area contributed by atoms with Crippen molar-refractivity contribution in [1.82, 2.24) is 0 Å². The summed E-state index contributed by atoms with van der Waals surface area (Å²) in [6.45, 7) is 12.3. The first kappa shape index (κ1) is 56.4. The Morgan fingerprint density at radius 2 is 0.771 bits per heavy atom. The van der Waals surface area contributed by atoms with E-state index in [1.54, 1.807) is 20.8 Å². The zero-order chi connectivity index (χ0) is 39.0. The first-order valence-corrected chi connectivity index (χ1v) is 18.1. The summed E-state index contributed by atoms with van der Waals surface area (Å²) in [7, 11) is 0. The molecule has 18 heteroatoms. The fraction of sp³-hybridized carbons (Fsp3) is 0.833. The summed E-state index contributed by atoms with van der Waals surface area (Å²) < 4.78 is 10.2. The number of carboxylic acid groups (broad SMARTS) is 3. The van der Waals surface area contributed by atoms with Gasteiger partial charge >= 0.3 is 29.8 Å². The Hall–Kier alpha value is -1.02. The number of carbonyl (C=O) groups is 5. The largest absolute Gasteiger partial charge is 0.480 e. The highest BCUT2D eigenvalue weighted by molar-refractivity contribution is 7.82. The molecule has 0 aromatic heterocycles. The molecule has 288 valence electrons. The normalized spacial score (nSPS) is 14.0. The highest BCUT2D eigenvalue weighted by Crippen LogP contribution is 2.18. The Kier molecular flexibility index (Phi) is 42.0. The maximum Gasteiger partial charge on any atom is 0.321 e. The Bertz CT molecular complexity index is 759. The number of aliphatic hydroxyl groups is 3. The van der Waals surface area contributed by atoms with Gasteiger partial charge in [0.15, 0.2) is 0 Å². The number of esters is 2. The average Bonchev–Trinajstić information content (AvgIpc) is 3.08. The van der Waals surface area contributed by atoms with E-state index in [4.69, 9.17) is 40.1 Å². The van der Waals surface area contributed by atoms with Crippen LogP contribution in [0, 0.1) is 5.41 Å². The second kappa shape index (κ2) is 35.8. The molecule has 6 N–H and O–H groups in total. The molecule has 0 spiro atoms. The Morgan fingerprint density at radius 3 is 0.875 bits per heavy atom. The van der Waals surface area contributed by atoms with Crippen molar-refractivity contribution in [2.24, 2.45) is 5.41 Å². The molecule has 5 atom stereocenters. The van der Waals surface area contributed by atoms with Crippen molar-refractivity contribution < 1.29 is 64.1 Å². The molecule has 0 aliphatic rings. The number of aliphatic hydroxyl groups excluding tert-OH is 3. The summed E-state index contributed by atoms with van der Waals surface area (Å²) in [6.07, 6.45) is 3.87. The van der Waals surface area contributed by atoms with Gasteiger partial charge in [0.25, 0.3) is 0 Å². The number of thiol groups is 5. The average molecular weight is 789 g/mol. The summed E-state index contributed by atoms with van der Waals surface area (Å²) >= 11 is 19.4. The quantitative estimate of drug-likeness (QED) is 0.0530. The van der Waals surface area contributed by atoms with E-state index in [0.717, 1.165) is 6.42 Å². The molecule has 48 heavy (non-hydrogen) atoms. The lowest BCUT2D eigenvalue weighted by Crippen LogP contribution is -2.32. The number of aliphatic carboxylic acids is 3. The van der Waals surface area contributed by atoms with Crippen LogP contribution in [0.15, 0.2) is 0 Å². The molecule has 0 amide bonds. The molecule has 0 heterocycles. The monoisotopic (exact) mass is 788 g/mol. The SMILES string of the molecule is CCC(CO)(CO)CO.CCC(S)C(=O)O.CCC(S)C(=O)O.CCC(S)C(=O)O.CCCC(OC(=O)C(S)CC)OC(=O)C(S)CC. The molecule has 0 aromatic carbocycles. The van der Waals surface area contributed by atoms with Crippen molar-refractivity contribution >= 4 is 93.0 Å². The van der Waals surface area contributed by atoms with E-state index >= 15 is 0 Å². The molecule has 5 unspecified atom stereocenters. The minimum Gasteiger partial charge on any atom is -0.480 e. The Balaban J connectivity index is -0.000000174. The van der Waals surface area contributed by atoms with Crippen LogP contribution < -0.4 is 0 Å². The van der Waals surface area contributed by atoms with Crippen molar-refractivity contribution in [3.05, 3.63) is 0 Å². The van der Waals surface area contributed by atoms with Crippen LogP contribution in [-0.2, 0) is 33.4 Å². The number of carboxylic acids is 3. The smallest absolute Gasteiger partial charge is 0.321 e. The lowest BCUT2D eigenvalue weighted by Gasteiger charge is -2.24. The predicted molar refractivity (Wildman–Crippen MR) is 203 cm³/mol. The molecule has 13 nitrogen and oxygen atoms in total. The van der Waals surface area contributed by atoms with Gasteiger partial charge in [0.2, 0.25) is 6.29 Å². The minimum absolute atomic E-state index is 0.156. The summed E-state index contributed by atoms with van der Waals surface area (Å²) in [5.74, 6) is -3.44. The van der Waals surface area contributed by atoms with Crippen LogP contribution in [0.4, 0.5) is 0 Å². The van der Waals surface area contributed by atoms with Gasteiger partial charge in [-0.3, -0.25) is 24.0 Å². The van der Waals surface area contributed by atoms with Gasteiger partial charge in [-0.1, -0.05) is 48.5 Å². The van der Waals surface area contributed by atoms with E-state index in [0.29, 0.717) is 44.9 Å². The summed E-state index contributed by atoms with van der Waals surface area (Å²) in [5.41, 5.74) is -0.667. The number of hydrogen-bond acceptors (Lipinski definition) is 15. The van der Waals surface area contributed by atoms with Crippen molar-refractivity contribution in [2.45, 2.75) is 132 Å². The van der Waals surface area contributed by atoms with E-state index in [2.05, 4.69) is 63.1 Å². The van der Waals surface area contributed by atoms with Crippen molar-refractivity contribution in [3.63, 3.8) is 0 Å². The summed E-state index contributed by atoms with van der Waals surface area (Å²) in [5, 5.41) is 47.9. The molecule has 0 aliphatic carbocycles. The minimum atomic E-state index is -0.842. The van der Waals surface area contributed by atoms with Crippen LogP contribution in [0.25, 0.3) is 0 Å². The van der Waals surface area contributed by atoms with Crippen molar-refractivity contribution in [3.8, 4) is 0 Å². The Labute approximate surface area is 313 Å². The molecule has 0 saturated carbocycles. The molecule has 0 saturated heterocycles. The van der Waals surface area contributed by atoms with Gasteiger partial charge in [-0.15, -0.1) is 0 Å². The third-order valence-electron chi connectivity index (χ3n) is 6.11. The van der Waals surface area contributed by atoms with Gasteiger partial charge in [0.1, 0.15) is 0 Å². The van der Waals surface area contributed by atoms with Crippen LogP contribution in [0.2, 0.25) is 0 Å². The lowest BCUT2D eigenvalue weighted by molar-refractivity contribution is -0.188. The van der Waals surface area contributed by atoms with Crippen LogP contribution >= 0.6 is 63.1 Å². The van der Waals surface area contributed by atoms with Gasteiger partial charge < -0.3 is 40.1 Å². The van der Waals surface area contributed by atoms with Gasteiger partial charge in [0, 0.05) is 11.8 Å². The topological polar surface area (TPSA) is 225 Å². The number of rotatable bonds is 18. The number of ether oxygens (including phenoxy) is 2. The highest BCUT2D eigenvalue weighted by Gasteiger charge is 2.25. The second-order valence-corrected chi connectivity index (χ2v) is 13.2. The van der Waals surface area contributed by atoms with Gasteiger partial charge in [-0.2, -0.15) is 63.1 Å². The van der Waals surface area contributed by atoms with Gasteiger partial charge in [-0.05, 0) is 44.9 Å². The van der Waals surface area contributed by atoms with Crippen LogP contribution in [0.3, 0.4) is 0 Å². The third kappa shape index (κ3) is 32.2. The predicted octanol–water partition coefficient (Wildman–Crippen LogP) is 4.31. The zero-order valence-electron chi connectivity index (χ0n) is 29.0.